The van der Waals surface area contributed by atoms with Crippen LogP contribution in [-0.2, 0) is 4.79 Å². The van der Waals surface area contributed by atoms with Crippen molar-refractivity contribution in [3.63, 3.8) is 0 Å². The van der Waals surface area contributed by atoms with Crippen molar-refractivity contribution in [1.29, 1.82) is 0 Å². The van der Waals surface area contributed by atoms with Gasteiger partial charge in [-0.3, -0.25) is 4.79 Å². The summed E-state index contributed by atoms with van der Waals surface area (Å²) in [6, 6.07) is 5.63. The van der Waals surface area contributed by atoms with E-state index < -0.39 is 24.9 Å². The number of halogens is 3. The van der Waals surface area contributed by atoms with Crippen molar-refractivity contribution in [3.05, 3.63) is 23.8 Å². The van der Waals surface area contributed by atoms with Crippen molar-refractivity contribution in [2.45, 2.75) is 31.4 Å². The first-order valence-electron chi connectivity index (χ1n) is 7.16. The standard InChI is InChI=1S/C15H16F3NO3/c16-15(17,18)5-3-14(20)19-6-4-11(8-19)10-1-2-12-13(7-10)22-9-21-12/h1-2,7,11H,3-6,8-9H2. The Bertz CT molecular complexity index is 574. The van der Waals surface area contributed by atoms with Crippen molar-refractivity contribution in [1.82, 2.24) is 4.90 Å². The molecule has 1 saturated heterocycles. The Balaban J connectivity index is 1.59. The molecule has 1 atom stereocenters. The molecule has 0 N–H and O–H groups in total. The summed E-state index contributed by atoms with van der Waals surface area (Å²) in [6.45, 7) is 1.15. The summed E-state index contributed by atoms with van der Waals surface area (Å²) in [5.41, 5.74) is 1.02. The first kappa shape index (κ1) is 15.0. The number of ether oxygens (including phenoxy) is 2. The highest BCUT2D eigenvalue weighted by atomic mass is 19.4. The molecule has 0 aromatic heterocycles. The van der Waals surface area contributed by atoms with Crippen LogP contribution in [0.25, 0.3) is 0 Å². The third-order valence-electron chi connectivity index (χ3n) is 4.03. The topological polar surface area (TPSA) is 38.8 Å². The molecule has 0 aliphatic carbocycles. The lowest BCUT2D eigenvalue weighted by Crippen LogP contribution is -2.29. The molecule has 7 heteroatoms. The number of hydrogen-bond acceptors (Lipinski definition) is 3. The van der Waals surface area contributed by atoms with Gasteiger partial charge in [-0.2, -0.15) is 13.2 Å². The van der Waals surface area contributed by atoms with Crippen LogP contribution in [0.3, 0.4) is 0 Å². The van der Waals surface area contributed by atoms with E-state index in [2.05, 4.69) is 0 Å². The summed E-state index contributed by atoms with van der Waals surface area (Å²) < 4.78 is 47.1. The number of rotatable bonds is 3. The number of fused-ring (bicyclic) bond motifs is 1. The van der Waals surface area contributed by atoms with Gasteiger partial charge in [0.2, 0.25) is 12.7 Å². The number of nitrogens with zero attached hydrogens (tertiary/aromatic N) is 1. The van der Waals surface area contributed by atoms with E-state index in [4.69, 9.17) is 9.47 Å². The number of likely N-dealkylation sites (tertiary alicyclic amines) is 1. The van der Waals surface area contributed by atoms with Crippen LogP contribution >= 0.6 is 0 Å². The Labute approximate surface area is 125 Å². The largest absolute Gasteiger partial charge is 0.454 e. The quantitative estimate of drug-likeness (QED) is 0.860. The minimum atomic E-state index is -4.29. The van der Waals surface area contributed by atoms with Gasteiger partial charge >= 0.3 is 6.18 Å². The average Bonchev–Trinajstić information content (AvgIpc) is 3.11. The van der Waals surface area contributed by atoms with Gasteiger partial charge in [0, 0.05) is 25.4 Å². The van der Waals surface area contributed by atoms with Crippen molar-refractivity contribution < 1.29 is 27.4 Å². The summed E-state index contributed by atoms with van der Waals surface area (Å²) in [7, 11) is 0. The lowest BCUT2D eigenvalue weighted by Gasteiger charge is -2.17. The molecule has 4 nitrogen and oxygen atoms in total. The normalized spacial score (nSPS) is 20.5. The smallest absolute Gasteiger partial charge is 0.389 e. The molecular formula is C15H16F3NO3. The van der Waals surface area contributed by atoms with Crippen LogP contribution in [0.5, 0.6) is 11.5 Å². The molecule has 0 saturated carbocycles. The molecule has 2 aliphatic rings. The second-order valence-electron chi connectivity index (χ2n) is 5.55. The number of alkyl halides is 3. The van der Waals surface area contributed by atoms with Crippen LogP contribution in [0.15, 0.2) is 18.2 Å². The number of amides is 1. The lowest BCUT2D eigenvalue weighted by atomic mass is 9.98. The van der Waals surface area contributed by atoms with E-state index in [0.29, 0.717) is 24.6 Å². The molecule has 1 amide bonds. The van der Waals surface area contributed by atoms with Gasteiger partial charge in [-0.05, 0) is 24.1 Å². The predicted octanol–water partition coefficient (Wildman–Crippen LogP) is 3.07. The van der Waals surface area contributed by atoms with Crippen molar-refractivity contribution in [3.8, 4) is 11.5 Å². The molecule has 0 radical (unpaired) electrons. The van der Waals surface area contributed by atoms with Crippen molar-refractivity contribution in [2.75, 3.05) is 19.9 Å². The Hall–Kier alpha value is -1.92. The van der Waals surface area contributed by atoms with Crippen LogP contribution in [-0.4, -0.2) is 36.9 Å². The van der Waals surface area contributed by atoms with Gasteiger partial charge in [0.15, 0.2) is 11.5 Å². The van der Waals surface area contributed by atoms with Gasteiger partial charge in [-0.25, -0.2) is 0 Å². The second-order valence-corrected chi connectivity index (χ2v) is 5.55. The maximum Gasteiger partial charge on any atom is 0.389 e. The van der Waals surface area contributed by atoms with Crippen molar-refractivity contribution >= 4 is 5.91 Å². The Morgan fingerprint density at radius 1 is 1.27 bits per heavy atom. The molecule has 1 unspecified atom stereocenters. The fraction of sp³-hybridized carbons (Fsp3) is 0.533. The first-order chi connectivity index (χ1) is 10.4. The molecule has 2 aliphatic heterocycles. The third-order valence-corrected chi connectivity index (χ3v) is 4.03. The van der Waals surface area contributed by atoms with Crippen molar-refractivity contribution in [2.24, 2.45) is 0 Å². The van der Waals surface area contributed by atoms with E-state index in [1.807, 2.05) is 18.2 Å². The van der Waals surface area contributed by atoms with E-state index in [0.717, 1.165) is 12.0 Å². The number of carbonyl (C=O) groups is 1. The predicted molar refractivity (Wildman–Crippen MR) is 71.8 cm³/mol. The van der Waals surface area contributed by atoms with Gasteiger partial charge in [-0.1, -0.05) is 6.07 Å². The van der Waals surface area contributed by atoms with E-state index in [1.165, 1.54) is 4.90 Å². The zero-order valence-electron chi connectivity index (χ0n) is 11.9. The minimum absolute atomic E-state index is 0.129. The van der Waals surface area contributed by atoms with Gasteiger partial charge in [-0.15, -0.1) is 0 Å². The summed E-state index contributed by atoms with van der Waals surface area (Å²) in [5, 5.41) is 0. The Kier molecular flexibility index (Phi) is 3.88. The summed E-state index contributed by atoms with van der Waals surface area (Å²) in [4.78, 5) is 13.4. The minimum Gasteiger partial charge on any atom is -0.454 e. The highest BCUT2D eigenvalue weighted by molar-refractivity contribution is 5.76. The van der Waals surface area contributed by atoms with Crippen LogP contribution in [0.2, 0.25) is 0 Å². The zero-order chi connectivity index (χ0) is 15.7. The van der Waals surface area contributed by atoms with E-state index >= 15 is 0 Å². The monoisotopic (exact) mass is 315 g/mol. The molecule has 1 aromatic rings. The van der Waals surface area contributed by atoms with Crippen LogP contribution < -0.4 is 9.47 Å². The van der Waals surface area contributed by atoms with Gasteiger partial charge < -0.3 is 14.4 Å². The van der Waals surface area contributed by atoms with Crippen LogP contribution in [0.4, 0.5) is 13.2 Å². The average molecular weight is 315 g/mol. The molecule has 0 spiro atoms. The molecule has 2 heterocycles. The number of benzene rings is 1. The molecule has 3 rings (SSSR count). The van der Waals surface area contributed by atoms with E-state index in [9.17, 15) is 18.0 Å². The lowest BCUT2D eigenvalue weighted by molar-refractivity contribution is -0.148. The van der Waals surface area contributed by atoms with Gasteiger partial charge in [0.25, 0.3) is 0 Å². The first-order valence-corrected chi connectivity index (χ1v) is 7.16. The number of carbonyl (C=O) groups excluding carboxylic acids is 1. The SMILES string of the molecule is O=C(CCC(F)(F)F)N1CCC(c2ccc3c(c2)OCO3)C1. The van der Waals surface area contributed by atoms with E-state index in [1.54, 1.807) is 0 Å². The van der Waals surface area contributed by atoms with Crippen LogP contribution in [0, 0.1) is 0 Å². The molecule has 1 fully saturated rings. The van der Waals surface area contributed by atoms with Gasteiger partial charge in [0.05, 0.1) is 6.42 Å². The Morgan fingerprint density at radius 2 is 2.05 bits per heavy atom. The Morgan fingerprint density at radius 3 is 2.82 bits per heavy atom. The maximum atomic E-state index is 12.2. The fourth-order valence-corrected chi connectivity index (χ4v) is 2.83. The summed E-state index contributed by atoms with van der Waals surface area (Å²) in [5.74, 6) is 1.07. The molecule has 0 bridgehead atoms. The highest BCUT2D eigenvalue weighted by Gasteiger charge is 2.32. The third kappa shape index (κ3) is 3.28. The van der Waals surface area contributed by atoms with E-state index in [-0.39, 0.29) is 12.7 Å². The molecule has 1 aromatic carbocycles. The molecular weight excluding hydrogens is 299 g/mol. The highest BCUT2D eigenvalue weighted by Crippen LogP contribution is 2.37. The number of hydrogen-bond donors (Lipinski definition) is 0. The maximum absolute atomic E-state index is 12.2. The second kappa shape index (κ2) is 5.70. The summed E-state index contributed by atoms with van der Waals surface area (Å²) >= 11 is 0. The van der Waals surface area contributed by atoms with Crippen LogP contribution in [0.1, 0.15) is 30.7 Å². The fourth-order valence-electron chi connectivity index (χ4n) is 2.83. The molecule has 120 valence electrons. The van der Waals surface area contributed by atoms with Gasteiger partial charge in [0.1, 0.15) is 0 Å². The zero-order valence-corrected chi connectivity index (χ0v) is 11.9. The summed E-state index contributed by atoms with van der Waals surface area (Å²) in [6.07, 6.45) is -5.07. The molecule has 22 heavy (non-hydrogen) atoms.